The number of nitrogens with one attached hydrogen (secondary N) is 1. The summed E-state index contributed by atoms with van der Waals surface area (Å²) < 4.78 is 5.11. The van der Waals surface area contributed by atoms with Gasteiger partial charge >= 0.3 is 6.09 Å². The van der Waals surface area contributed by atoms with Gasteiger partial charge in [-0.3, -0.25) is 0 Å². The summed E-state index contributed by atoms with van der Waals surface area (Å²) >= 11 is 0. The van der Waals surface area contributed by atoms with Gasteiger partial charge in [0.15, 0.2) is 0 Å². The molecule has 4 nitrogen and oxygen atoms in total. The molecule has 0 aromatic heterocycles. The molecule has 1 aromatic carbocycles. The zero-order chi connectivity index (χ0) is 14.6. The van der Waals surface area contributed by atoms with Crippen molar-refractivity contribution in [1.29, 1.82) is 0 Å². The standard InChI is InChI=1S/C15H22N2O2/c1-10-7-8-13(9-11(10)2)12(3)16-17-14(18)19-15(4,5)6/h7-9H,1-6H3,(H,17,18)/b16-12+. The zero-order valence-electron chi connectivity index (χ0n) is 12.5. The summed E-state index contributed by atoms with van der Waals surface area (Å²) in [7, 11) is 0. The number of carbonyl (C=O) groups excluding carboxylic acids is 1. The highest BCUT2D eigenvalue weighted by atomic mass is 16.6. The van der Waals surface area contributed by atoms with E-state index in [1.54, 1.807) is 0 Å². The monoisotopic (exact) mass is 262 g/mol. The SMILES string of the molecule is C/C(=N\NC(=O)OC(C)(C)C)c1ccc(C)c(C)c1. The number of amides is 1. The number of aryl methyl sites for hydroxylation is 2. The van der Waals surface area contributed by atoms with Crippen LogP contribution >= 0.6 is 0 Å². The number of rotatable bonds is 2. The first-order chi connectivity index (χ1) is 8.69. The van der Waals surface area contributed by atoms with Gasteiger partial charge in [-0.05, 0) is 64.3 Å². The fraction of sp³-hybridized carbons (Fsp3) is 0.467. The van der Waals surface area contributed by atoms with Crippen LogP contribution in [-0.4, -0.2) is 17.4 Å². The van der Waals surface area contributed by atoms with Crippen molar-refractivity contribution in [2.75, 3.05) is 0 Å². The molecule has 1 rings (SSSR count). The molecule has 0 aliphatic rings. The third-order valence-electron chi connectivity index (χ3n) is 2.64. The Morgan fingerprint density at radius 1 is 1.21 bits per heavy atom. The Hall–Kier alpha value is -1.84. The zero-order valence-corrected chi connectivity index (χ0v) is 12.5. The summed E-state index contributed by atoms with van der Waals surface area (Å²) in [5, 5.41) is 4.04. The van der Waals surface area contributed by atoms with Crippen LogP contribution in [0, 0.1) is 13.8 Å². The van der Waals surface area contributed by atoms with Crippen molar-refractivity contribution < 1.29 is 9.53 Å². The summed E-state index contributed by atoms with van der Waals surface area (Å²) in [6.07, 6.45) is -0.546. The first-order valence-electron chi connectivity index (χ1n) is 6.30. The maximum atomic E-state index is 11.5. The van der Waals surface area contributed by atoms with E-state index in [0.29, 0.717) is 0 Å². The van der Waals surface area contributed by atoms with E-state index in [1.807, 2.05) is 52.8 Å². The van der Waals surface area contributed by atoms with Gasteiger partial charge in [0.1, 0.15) is 5.60 Å². The van der Waals surface area contributed by atoms with Crippen molar-refractivity contribution >= 4 is 11.8 Å². The minimum Gasteiger partial charge on any atom is -0.443 e. The lowest BCUT2D eigenvalue weighted by atomic mass is 10.0. The first kappa shape index (κ1) is 15.2. The van der Waals surface area contributed by atoms with Crippen LogP contribution in [0.4, 0.5) is 4.79 Å². The van der Waals surface area contributed by atoms with E-state index in [2.05, 4.69) is 17.5 Å². The van der Waals surface area contributed by atoms with E-state index in [4.69, 9.17) is 4.74 Å². The van der Waals surface area contributed by atoms with Crippen LogP contribution in [-0.2, 0) is 4.74 Å². The molecule has 0 spiro atoms. The maximum Gasteiger partial charge on any atom is 0.428 e. The van der Waals surface area contributed by atoms with Crippen molar-refractivity contribution in [2.24, 2.45) is 5.10 Å². The van der Waals surface area contributed by atoms with Crippen molar-refractivity contribution in [1.82, 2.24) is 5.43 Å². The molecule has 1 N–H and O–H groups in total. The molecular formula is C15H22N2O2. The van der Waals surface area contributed by atoms with Crippen molar-refractivity contribution in [3.05, 3.63) is 34.9 Å². The Morgan fingerprint density at radius 3 is 2.37 bits per heavy atom. The molecule has 104 valence electrons. The lowest BCUT2D eigenvalue weighted by Crippen LogP contribution is -2.30. The third kappa shape index (κ3) is 5.12. The normalized spacial score (nSPS) is 12.2. The average molecular weight is 262 g/mol. The Labute approximate surface area is 114 Å². The number of nitrogens with zero attached hydrogens (tertiary/aromatic N) is 1. The highest BCUT2D eigenvalue weighted by Gasteiger charge is 2.15. The largest absolute Gasteiger partial charge is 0.443 e. The first-order valence-corrected chi connectivity index (χ1v) is 6.30. The number of hydrazone groups is 1. The van der Waals surface area contributed by atoms with Crippen molar-refractivity contribution in [3.8, 4) is 0 Å². The van der Waals surface area contributed by atoms with E-state index in [-0.39, 0.29) is 0 Å². The van der Waals surface area contributed by atoms with Crippen LogP contribution in [0.25, 0.3) is 0 Å². The van der Waals surface area contributed by atoms with Crippen LogP contribution in [0.3, 0.4) is 0 Å². The predicted octanol–water partition coefficient (Wildman–Crippen LogP) is 3.55. The molecule has 0 saturated carbocycles. The van der Waals surface area contributed by atoms with Gasteiger partial charge in [0.05, 0.1) is 5.71 Å². The second-order valence-corrected chi connectivity index (χ2v) is 5.61. The highest BCUT2D eigenvalue weighted by molar-refractivity contribution is 5.99. The maximum absolute atomic E-state index is 11.5. The molecule has 0 aliphatic heterocycles. The molecule has 0 radical (unpaired) electrons. The fourth-order valence-corrected chi connectivity index (χ4v) is 1.46. The molecule has 0 bridgehead atoms. The summed E-state index contributed by atoms with van der Waals surface area (Å²) in [6.45, 7) is 11.4. The second-order valence-electron chi connectivity index (χ2n) is 5.61. The Morgan fingerprint density at radius 2 is 1.84 bits per heavy atom. The minimum absolute atomic E-state index is 0.520. The second kappa shape index (κ2) is 5.87. The number of hydrogen-bond acceptors (Lipinski definition) is 3. The van der Waals surface area contributed by atoms with Crippen LogP contribution in [0.15, 0.2) is 23.3 Å². The number of ether oxygens (including phenoxy) is 1. The molecule has 0 fully saturated rings. The van der Waals surface area contributed by atoms with Gasteiger partial charge in [-0.15, -0.1) is 0 Å². The number of hydrogen-bond donors (Lipinski definition) is 1. The number of benzene rings is 1. The molecule has 1 amide bonds. The summed E-state index contributed by atoms with van der Waals surface area (Å²) in [5.41, 5.74) is 6.04. The van der Waals surface area contributed by atoms with Gasteiger partial charge in [0.25, 0.3) is 0 Å². The minimum atomic E-state index is -0.546. The van der Waals surface area contributed by atoms with E-state index >= 15 is 0 Å². The smallest absolute Gasteiger partial charge is 0.428 e. The summed E-state index contributed by atoms with van der Waals surface area (Å²) in [4.78, 5) is 11.5. The van der Waals surface area contributed by atoms with Crippen LogP contribution in [0.1, 0.15) is 44.4 Å². The molecule has 4 heteroatoms. The number of carbonyl (C=O) groups is 1. The topological polar surface area (TPSA) is 50.7 Å². The van der Waals surface area contributed by atoms with Gasteiger partial charge in [0, 0.05) is 0 Å². The van der Waals surface area contributed by atoms with Crippen LogP contribution < -0.4 is 5.43 Å². The van der Waals surface area contributed by atoms with Crippen LogP contribution in [0.5, 0.6) is 0 Å². The van der Waals surface area contributed by atoms with Crippen molar-refractivity contribution in [3.63, 3.8) is 0 Å². The lowest BCUT2D eigenvalue weighted by molar-refractivity contribution is 0.0529. The Balaban J connectivity index is 2.72. The fourth-order valence-electron chi connectivity index (χ4n) is 1.46. The van der Waals surface area contributed by atoms with Crippen molar-refractivity contribution in [2.45, 2.75) is 47.1 Å². The molecule has 0 unspecified atom stereocenters. The van der Waals surface area contributed by atoms with Gasteiger partial charge in [-0.1, -0.05) is 12.1 Å². The van der Waals surface area contributed by atoms with E-state index in [9.17, 15) is 4.79 Å². The summed E-state index contributed by atoms with van der Waals surface area (Å²) in [6, 6.07) is 6.07. The average Bonchev–Trinajstić information content (AvgIpc) is 2.27. The molecule has 0 atom stereocenters. The molecular weight excluding hydrogens is 240 g/mol. The van der Waals surface area contributed by atoms with E-state index in [1.165, 1.54) is 11.1 Å². The van der Waals surface area contributed by atoms with E-state index < -0.39 is 11.7 Å². The Kier molecular flexibility index (Phi) is 4.70. The van der Waals surface area contributed by atoms with Gasteiger partial charge < -0.3 is 4.74 Å². The Bertz CT molecular complexity index is 499. The van der Waals surface area contributed by atoms with Crippen LogP contribution in [0.2, 0.25) is 0 Å². The molecule has 0 heterocycles. The predicted molar refractivity (Wildman–Crippen MR) is 77.5 cm³/mol. The molecule has 0 aliphatic carbocycles. The highest BCUT2D eigenvalue weighted by Crippen LogP contribution is 2.11. The quantitative estimate of drug-likeness (QED) is 0.654. The third-order valence-corrected chi connectivity index (χ3v) is 2.64. The van der Waals surface area contributed by atoms with E-state index in [0.717, 1.165) is 11.3 Å². The lowest BCUT2D eigenvalue weighted by Gasteiger charge is -2.18. The molecule has 19 heavy (non-hydrogen) atoms. The van der Waals surface area contributed by atoms with Gasteiger partial charge in [-0.25, -0.2) is 10.2 Å². The van der Waals surface area contributed by atoms with Gasteiger partial charge in [0.2, 0.25) is 0 Å². The van der Waals surface area contributed by atoms with Gasteiger partial charge in [-0.2, -0.15) is 5.10 Å². The molecule has 1 aromatic rings. The molecule has 0 saturated heterocycles. The summed E-state index contributed by atoms with van der Waals surface area (Å²) in [5.74, 6) is 0.